The van der Waals surface area contributed by atoms with Gasteiger partial charge in [0.1, 0.15) is 11.6 Å². The van der Waals surface area contributed by atoms with E-state index in [0.29, 0.717) is 6.61 Å². The second-order valence-corrected chi connectivity index (χ2v) is 8.74. The van der Waals surface area contributed by atoms with Crippen molar-refractivity contribution in [3.63, 3.8) is 0 Å². The van der Waals surface area contributed by atoms with Crippen molar-refractivity contribution in [2.45, 2.75) is 59.1 Å². The molecule has 2 atom stereocenters. The van der Waals surface area contributed by atoms with Gasteiger partial charge in [0, 0.05) is 38.4 Å². The highest BCUT2D eigenvalue weighted by Crippen LogP contribution is 2.37. The summed E-state index contributed by atoms with van der Waals surface area (Å²) in [5.74, 6) is 1.80. The Balaban J connectivity index is 1.74. The first kappa shape index (κ1) is 23.2. The van der Waals surface area contributed by atoms with Crippen molar-refractivity contribution >= 4 is 11.6 Å². The van der Waals surface area contributed by atoms with E-state index in [2.05, 4.69) is 56.4 Å². The average Bonchev–Trinajstić information content (AvgIpc) is 3.16. The zero-order chi connectivity index (χ0) is 23.5. The molecule has 0 saturated carbocycles. The van der Waals surface area contributed by atoms with Crippen LogP contribution in [0.5, 0.6) is 0 Å². The van der Waals surface area contributed by atoms with Crippen LogP contribution in [-0.2, 0) is 24.0 Å². The summed E-state index contributed by atoms with van der Waals surface area (Å²) in [5.41, 5.74) is 7.53. The number of nitrogens with one attached hydrogen (secondary N) is 1. The van der Waals surface area contributed by atoms with Crippen LogP contribution in [-0.4, -0.2) is 41.8 Å². The van der Waals surface area contributed by atoms with Gasteiger partial charge in [0.25, 0.3) is 0 Å². The Morgan fingerprint density at radius 3 is 2.39 bits per heavy atom. The number of ether oxygens (including phenoxy) is 1. The molecule has 33 heavy (non-hydrogen) atoms. The Hall–Kier alpha value is -2.99. The molecule has 0 bridgehead atoms. The highest BCUT2D eigenvalue weighted by molar-refractivity contribution is 5.67. The van der Waals surface area contributed by atoms with E-state index < -0.39 is 0 Å². The van der Waals surface area contributed by atoms with Gasteiger partial charge < -0.3 is 15.0 Å². The first-order valence-corrected chi connectivity index (χ1v) is 12.0. The summed E-state index contributed by atoms with van der Waals surface area (Å²) in [7, 11) is 4.01. The SMILES string of the molecule is CCO[C@H]1Cc2ccccc2[C@H]1Nc1nc(CC)c(-c2ccc(N(C)C)nc2C)nc1CC. The van der Waals surface area contributed by atoms with Crippen LogP contribution in [0.4, 0.5) is 11.6 Å². The molecule has 0 aliphatic heterocycles. The summed E-state index contributed by atoms with van der Waals surface area (Å²) >= 11 is 0. The van der Waals surface area contributed by atoms with Gasteiger partial charge in [-0.15, -0.1) is 0 Å². The summed E-state index contributed by atoms with van der Waals surface area (Å²) in [6.45, 7) is 9.06. The van der Waals surface area contributed by atoms with Crippen LogP contribution in [0.1, 0.15) is 55.0 Å². The summed E-state index contributed by atoms with van der Waals surface area (Å²) in [6, 6.07) is 12.8. The number of fused-ring (bicyclic) bond motifs is 1. The lowest BCUT2D eigenvalue weighted by Crippen LogP contribution is -2.26. The molecule has 1 N–H and O–H groups in total. The van der Waals surface area contributed by atoms with Crippen LogP contribution in [0.25, 0.3) is 11.3 Å². The van der Waals surface area contributed by atoms with Crippen molar-refractivity contribution < 1.29 is 4.74 Å². The van der Waals surface area contributed by atoms with Gasteiger partial charge in [-0.3, -0.25) is 0 Å². The predicted molar refractivity (Wildman–Crippen MR) is 135 cm³/mol. The van der Waals surface area contributed by atoms with E-state index >= 15 is 0 Å². The molecule has 0 amide bonds. The van der Waals surface area contributed by atoms with Gasteiger partial charge in [0.05, 0.1) is 29.2 Å². The van der Waals surface area contributed by atoms with E-state index in [4.69, 9.17) is 19.7 Å². The molecule has 6 nitrogen and oxygen atoms in total. The smallest absolute Gasteiger partial charge is 0.148 e. The van der Waals surface area contributed by atoms with E-state index in [0.717, 1.165) is 59.2 Å². The molecule has 1 aromatic carbocycles. The maximum atomic E-state index is 6.12. The number of hydrogen-bond donors (Lipinski definition) is 1. The summed E-state index contributed by atoms with van der Waals surface area (Å²) in [5, 5.41) is 3.72. The van der Waals surface area contributed by atoms with Crippen LogP contribution in [0.15, 0.2) is 36.4 Å². The molecule has 0 spiro atoms. The van der Waals surface area contributed by atoms with Gasteiger partial charge in [-0.25, -0.2) is 15.0 Å². The average molecular weight is 446 g/mol. The first-order valence-electron chi connectivity index (χ1n) is 12.0. The monoisotopic (exact) mass is 445 g/mol. The molecule has 1 aliphatic carbocycles. The molecule has 4 rings (SSSR count). The normalized spacial score (nSPS) is 17.2. The molecule has 0 unspecified atom stereocenters. The Morgan fingerprint density at radius 2 is 1.73 bits per heavy atom. The number of aryl methyl sites for hydroxylation is 3. The number of benzene rings is 1. The summed E-state index contributed by atoms with van der Waals surface area (Å²) < 4.78 is 6.12. The van der Waals surface area contributed by atoms with Crippen molar-refractivity contribution in [3.8, 4) is 11.3 Å². The largest absolute Gasteiger partial charge is 0.376 e. The van der Waals surface area contributed by atoms with Crippen molar-refractivity contribution in [1.29, 1.82) is 0 Å². The van der Waals surface area contributed by atoms with Gasteiger partial charge in [0.15, 0.2) is 0 Å². The first-order chi connectivity index (χ1) is 16.0. The van der Waals surface area contributed by atoms with E-state index in [1.54, 1.807) is 0 Å². The van der Waals surface area contributed by atoms with Crippen molar-refractivity contribution in [2.24, 2.45) is 0 Å². The zero-order valence-electron chi connectivity index (χ0n) is 20.6. The fourth-order valence-corrected chi connectivity index (χ4v) is 4.62. The Morgan fingerprint density at radius 1 is 0.970 bits per heavy atom. The predicted octanol–water partition coefficient (Wildman–Crippen LogP) is 5.15. The lowest BCUT2D eigenvalue weighted by molar-refractivity contribution is 0.0573. The Kier molecular flexibility index (Phi) is 6.94. The van der Waals surface area contributed by atoms with Crippen LogP contribution < -0.4 is 10.2 Å². The van der Waals surface area contributed by atoms with Gasteiger partial charge in [-0.05, 0) is 49.9 Å². The third-order valence-electron chi connectivity index (χ3n) is 6.35. The number of hydrogen-bond acceptors (Lipinski definition) is 6. The lowest BCUT2D eigenvalue weighted by atomic mass is 10.1. The molecule has 6 heteroatoms. The van der Waals surface area contributed by atoms with Crippen LogP contribution in [0, 0.1) is 6.92 Å². The van der Waals surface area contributed by atoms with Gasteiger partial charge in [0.2, 0.25) is 0 Å². The topological polar surface area (TPSA) is 63.2 Å². The Labute approximate surface area is 197 Å². The molecule has 0 fully saturated rings. The number of nitrogens with zero attached hydrogens (tertiary/aromatic N) is 4. The van der Waals surface area contributed by atoms with Crippen molar-refractivity contribution in [3.05, 3.63) is 64.6 Å². The molecular weight excluding hydrogens is 410 g/mol. The fourth-order valence-electron chi connectivity index (χ4n) is 4.62. The Bertz CT molecular complexity index is 1130. The summed E-state index contributed by atoms with van der Waals surface area (Å²) in [6.07, 6.45) is 2.60. The minimum absolute atomic E-state index is 0.0686. The molecule has 2 heterocycles. The van der Waals surface area contributed by atoms with Crippen LogP contribution >= 0.6 is 0 Å². The molecule has 2 aromatic heterocycles. The maximum Gasteiger partial charge on any atom is 0.148 e. The van der Waals surface area contributed by atoms with Crippen LogP contribution in [0.2, 0.25) is 0 Å². The minimum Gasteiger partial charge on any atom is -0.376 e. The zero-order valence-corrected chi connectivity index (χ0v) is 20.6. The van der Waals surface area contributed by atoms with E-state index in [1.807, 2.05) is 32.0 Å². The van der Waals surface area contributed by atoms with E-state index in [1.165, 1.54) is 11.1 Å². The van der Waals surface area contributed by atoms with Gasteiger partial charge in [-0.1, -0.05) is 38.1 Å². The lowest BCUT2D eigenvalue weighted by Gasteiger charge is -2.24. The van der Waals surface area contributed by atoms with Crippen LogP contribution in [0.3, 0.4) is 0 Å². The number of anilines is 2. The molecule has 1 aliphatic rings. The third kappa shape index (κ3) is 4.58. The number of pyridine rings is 1. The standard InChI is InChI=1S/C27H35N5O/c1-7-21-25(19-14-15-24(32(5)6)28-17(19)4)29-22(8-2)27(30-21)31-26-20-13-11-10-12-18(20)16-23(26)33-9-3/h10-15,23,26H,7-9,16H2,1-6H3,(H,30,31)/t23-,26+/m0/s1. The van der Waals surface area contributed by atoms with Crippen molar-refractivity contribution in [1.82, 2.24) is 15.0 Å². The second-order valence-electron chi connectivity index (χ2n) is 8.74. The number of aromatic nitrogens is 3. The van der Waals surface area contributed by atoms with E-state index in [-0.39, 0.29) is 12.1 Å². The highest BCUT2D eigenvalue weighted by atomic mass is 16.5. The number of rotatable bonds is 8. The molecule has 0 radical (unpaired) electrons. The molecule has 3 aromatic rings. The molecular formula is C27H35N5O. The van der Waals surface area contributed by atoms with E-state index in [9.17, 15) is 0 Å². The van der Waals surface area contributed by atoms with Crippen molar-refractivity contribution in [2.75, 3.05) is 30.9 Å². The minimum atomic E-state index is 0.0686. The maximum absolute atomic E-state index is 6.12. The molecule has 174 valence electrons. The quantitative estimate of drug-likeness (QED) is 0.517. The second kappa shape index (κ2) is 9.87. The van der Waals surface area contributed by atoms with Gasteiger partial charge in [-0.2, -0.15) is 0 Å². The highest BCUT2D eigenvalue weighted by Gasteiger charge is 2.33. The summed E-state index contributed by atoms with van der Waals surface area (Å²) in [4.78, 5) is 17.0. The molecule has 0 saturated heterocycles. The van der Waals surface area contributed by atoms with Gasteiger partial charge >= 0.3 is 0 Å². The fraction of sp³-hybridized carbons (Fsp3) is 0.444. The third-order valence-corrected chi connectivity index (χ3v) is 6.35.